The highest BCUT2D eigenvalue weighted by Crippen LogP contribution is 2.33. The van der Waals surface area contributed by atoms with Crippen LogP contribution >= 0.6 is 0 Å². The van der Waals surface area contributed by atoms with Gasteiger partial charge in [0.05, 0.1) is 4.90 Å². The van der Waals surface area contributed by atoms with Crippen molar-refractivity contribution in [1.29, 1.82) is 0 Å². The summed E-state index contributed by atoms with van der Waals surface area (Å²) in [5, 5.41) is 7.20. The Labute approximate surface area is 228 Å². The van der Waals surface area contributed by atoms with E-state index in [-0.39, 0.29) is 22.5 Å². The highest BCUT2D eigenvalue weighted by molar-refractivity contribution is 7.90. The van der Waals surface area contributed by atoms with Crippen molar-refractivity contribution in [1.82, 2.24) is 25.0 Å². The number of nitrogens with zero attached hydrogens (tertiary/aromatic N) is 6. The Balaban J connectivity index is 0.000000771. The predicted molar refractivity (Wildman–Crippen MR) is 147 cm³/mol. The van der Waals surface area contributed by atoms with E-state index in [1.807, 2.05) is 13.8 Å². The third-order valence-corrected chi connectivity index (χ3v) is 7.18. The number of nitrogens with one attached hydrogen (secondary N) is 1. The molecule has 0 radical (unpaired) electrons. The van der Waals surface area contributed by atoms with E-state index in [1.54, 1.807) is 26.2 Å². The normalized spacial score (nSPS) is 14.0. The molecule has 1 aromatic carbocycles. The number of rotatable bonds is 8. The van der Waals surface area contributed by atoms with Crippen LogP contribution in [0.2, 0.25) is 0 Å². The molecule has 0 saturated carbocycles. The number of hydrogen-bond acceptors (Lipinski definition) is 11. The molecule has 2 aromatic heterocycles. The molecule has 1 saturated heterocycles. The molecular formula is C26H35N7O5S. The summed E-state index contributed by atoms with van der Waals surface area (Å²) in [6, 6.07) is 6.31. The van der Waals surface area contributed by atoms with Crippen LogP contribution in [-0.2, 0) is 14.6 Å². The zero-order valence-electron chi connectivity index (χ0n) is 23.1. The fourth-order valence-corrected chi connectivity index (χ4v) is 4.57. The number of amides is 1. The van der Waals surface area contributed by atoms with Crippen molar-refractivity contribution in [2.24, 2.45) is 0 Å². The molecule has 0 atom stereocenters. The molecule has 1 amide bonds. The van der Waals surface area contributed by atoms with Crippen molar-refractivity contribution in [3.8, 4) is 0 Å². The molecule has 0 unspecified atom stereocenters. The Hall–Kier alpha value is -3.87. The van der Waals surface area contributed by atoms with Gasteiger partial charge in [0.1, 0.15) is 23.5 Å². The number of anilines is 3. The number of piperidine rings is 1. The van der Waals surface area contributed by atoms with Crippen LogP contribution in [0.25, 0.3) is 0 Å². The lowest BCUT2D eigenvalue weighted by molar-refractivity contribution is -0.115. The van der Waals surface area contributed by atoms with Gasteiger partial charge in [-0.1, -0.05) is 19.0 Å². The van der Waals surface area contributed by atoms with Gasteiger partial charge in [0.25, 0.3) is 0 Å². The summed E-state index contributed by atoms with van der Waals surface area (Å²) in [6.07, 6.45) is 4.94. The van der Waals surface area contributed by atoms with Crippen LogP contribution in [0.1, 0.15) is 67.5 Å². The Kier molecular flexibility index (Phi) is 9.73. The van der Waals surface area contributed by atoms with Crippen LogP contribution in [0.4, 0.5) is 17.3 Å². The van der Waals surface area contributed by atoms with Gasteiger partial charge in [-0.2, -0.15) is 4.98 Å². The monoisotopic (exact) mass is 557 g/mol. The third-order valence-electron chi connectivity index (χ3n) is 6.05. The first-order valence-electron chi connectivity index (χ1n) is 12.5. The lowest BCUT2D eigenvalue weighted by atomic mass is 9.96. The first-order valence-corrected chi connectivity index (χ1v) is 14.4. The lowest BCUT2D eigenvalue weighted by Crippen LogP contribution is -2.35. The largest absolute Gasteiger partial charge is 0.356 e. The second-order valence-corrected chi connectivity index (χ2v) is 11.9. The SMILES string of the molecule is CC(=O)c1c(Nc2ccc(S(C)(=O)=O)cc2)ncnc1N1CCC(c2nc(C(C)C)no2)CC1.CN(C)C=O. The molecule has 1 aliphatic rings. The van der Waals surface area contributed by atoms with Crippen molar-refractivity contribution < 1.29 is 22.5 Å². The number of sulfone groups is 1. The number of Topliss-reactive ketones (excluding diaryl/α,β-unsaturated/α-hetero) is 1. The fourth-order valence-electron chi connectivity index (χ4n) is 3.94. The number of aromatic nitrogens is 4. The minimum atomic E-state index is -3.29. The van der Waals surface area contributed by atoms with E-state index in [9.17, 15) is 18.0 Å². The van der Waals surface area contributed by atoms with E-state index >= 15 is 0 Å². The average Bonchev–Trinajstić information content (AvgIpc) is 3.39. The van der Waals surface area contributed by atoms with Crippen LogP contribution < -0.4 is 10.2 Å². The highest BCUT2D eigenvalue weighted by Gasteiger charge is 2.29. The van der Waals surface area contributed by atoms with Crippen molar-refractivity contribution in [2.75, 3.05) is 43.7 Å². The highest BCUT2D eigenvalue weighted by atomic mass is 32.2. The average molecular weight is 558 g/mol. The number of carbonyl (C=O) groups is 2. The smallest absolute Gasteiger partial charge is 0.229 e. The van der Waals surface area contributed by atoms with Gasteiger partial charge in [-0.05, 0) is 44.0 Å². The molecule has 39 heavy (non-hydrogen) atoms. The Bertz CT molecular complexity index is 1380. The number of benzene rings is 1. The minimum Gasteiger partial charge on any atom is -0.356 e. The van der Waals surface area contributed by atoms with Crippen LogP contribution in [0.5, 0.6) is 0 Å². The molecule has 210 valence electrons. The predicted octanol–water partition coefficient (Wildman–Crippen LogP) is 3.42. The topological polar surface area (TPSA) is 151 Å². The van der Waals surface area contributed by atoms with Crippen molar-refractivity contribution in [2.45, 2.75) is 50.3 Å². The first-order chi connectivity index (χ1) is 18.4. The zero-order valence-corrected chi connectivity index (χ0v) is 23.9. The van der Waals surface area contributed by atoms with Crippen LogP contribution in [0, 0.1) is 0 Å². The summed E-state index contributed by atoms with van der Waals surface area (Å²) >= 11 is 0. The summed E-state index contributed by atoms with van der Waals surface area (Å²) in [7, 11) is 0.0828. The van der Waals surface area contributed by atoms with Crippen LogP contribution in [-0.4, -0.2) is 79.1 Å². The maximum Gasteiger partial charge on any atom is 0.229 e. The first kappa shape index (κ1) is 29.7. The van der Waals surface area contributed by atoms with E-state index in [0.29, 0.717) is 47.7 Å². The molecule has 3 heterocycles. The molecule has 0 aliphatic carbocycles. The Morgan fingerprint density at radius 3 is 2.26 bits per heavy atom. The Morgan fingerprint density at radius 2 is 1.77 bits per heavy atom. The molecule has 1 fully saturated rings. The molecule has 0 bridgehead atoms. The maximum absolute atomic E-state index is 12.6. The van der Waals surface area contributed by atoms with Gasteiger partial charge >= 0.3 is 0 Å². The van der Waals surface area contributed by atoms with E-state index < -0.39 is 9.84 Å². The molecular weight excluding hydrogens is 522 g/mol. The van der Waals surface area contributed by atoms with E-state index in [1.165, 1.54) is 30.3 Å². The quantitative estimate of drug-likeness (QED) is 0.320. The maximum atomic E-state index is 12.6. The number of carbonyl (C=O) groups excluding carboxylic acids is 2. The molecule has 0 spiro atoms. The van der Waals surface area contributed by atoms with Gasteiger partial charge in [-0.25, -0.2) is 18.4 Å². The van der Waals surface area contributed by atoms with Crippen molar-refractivity contribution in [3.05, 3.63) is 47.9 Å². The lowest BCUT2D eigenvalue weighted by Gasteiger charge is -2.32. The van der Waals surface area contributed by atoms with Crippen molar-refractivity contribution in [3.63, 3.8) is 0 Å². The molecule has 1 N–H and O–H groups in total. The second kappa shape index (κ2) is 12.8. The Morgan fingerprint density at radius 1 is 1.15 bits per heavy atom. The molecule has 1 aliphatic heterocycles. The van der Waals surface area contributed by atoms with E-state index in [0.717, 1.165) is 25.5 Å². The van der Waals surface area contributed by atoms with E-state index in [2.05, 4.69) is 30.3 Å². The summed E-state index contributed by atoms with van der Waals surface area (Å²) in [4.78, 5) is 39.0. The standard InChI is InChI=1S/C23H28N6O4S.C3H7NO/c1-14(2)20-27-23(33-28-20)16-9-11-29(12-10-16)22-19(15(3)30)21(24-13-25-22)26-17-5-7-18(8-6-17)34(4,31)32;1-4(2)3-5/h5-8,13-14,16H,9-12H2,1-4H3,(H,24,25,26);3H,1-2H3. The van der Waals surface area contributed by atoms with Gasteiger partial charge in [0.2, 0.25) is 12.3 Å². The van der Waals surface area contributed by atoms with Crippen molar-refractivity contribution >= 4 is 39.4 Å². The van der Waals surface area contributed by atoms with Gasteiger partial charge in [0, 0.05) is 51.0 Å². The van der Waals surface area contributed by atoms with Gasteiger partial charge in [0.15, 0.2) is 21.4 Å². The minimum absolute atomic E-state index is 0.161. The summed E-state index contributed by atoms with van der Waals surface area (Å²) in [6.45, 7) is 6.91. The number of hydrogen-bond donors (Lipinski definition) is 1. The molecule has 4 rings (SSSR count). The second-order valence-electron chi connectivity index (χ2n) is 9.87. The summed E-state index contributed by atoms with van der Waals surface area (Å²) in [5.41, 5.74) is 1.02. The number of ketones is 1. The zero-order chi connectivity index (χ0) is 28.7. The van der Waals surface area contributed by atoms with E-state index in [4.69, 9.17) is 4.52 Å². The molecule has 12 nitrogen and oxygen atoms in total. The van der Waals surface area contributed by atoms with Gasteiger partial charge < -0.3 is 19.6 Å². The van der Waals surface area contributed by atoms with Crippen LogP contribution in [0.15, 0.2) is 40.0 Å². The third kappa shape index (κ3) is 7.82. The molecule has 3 aromatic rings. The van der Waals surface area contributed by atoms with Crippen LogP contribution in [0.3, 0.4) is 0 Å². The summed E-state index contributed by atoms with van der Waals surface area (Å²) in [5.74, 6) is 2.56. The summed E-state index contributed by atoms with van der Waals surface area (Å²) < 4.78 is 28.9. The van der Waals surface area contributed by atoms with Gasteiger partial charge in [-0.3, -0.25) is 9.59 Å². The van der Waals surface area contributed by atoms with Gasteiger partial charge in [-0.15, -0.1) is 0 Å². The fraction of sp³-hybridized carbons (Fsp3) is 0.462. The molecule has 13 heteroatoms.